The van der Waals surface area contributed by atoms with Crippen LogP contribution >= 0.6 is 0 Å². The predicted octanol–water partition coefficient (Wildman–Crippen LogP) is 0.458. The van der Waals surface area contributed by atoms with Gasteiger partial charge in [-0.05, 0) is 6.07 Å². The van der Waals surface area contributed by atoms with Crippen molar-refractivity contribution in [2.45, 2.75) is 6.04 Å². The molecule has 0 aliphatic heterocycles. The molecule has 7 heteroatoms. The van der Waals surface area contributed by atoms with Crippen molar-refractivity contribution < 1.29 is 19.4 Å². The summed E-state index contributed by atoms with van der Waals surface area (Å²) in [5.41, 5.74) is 0.355. The van der Waals surface area contributed by atoms with Gasteiger partial charge in [-0.15, -0.1) is 0 Å². The third kappa shape index (κ3) is 3.33. The molecule has 1 rings (SSSR count). The summed E-state index contributed by atoms with van der Waals surface area (Å²) in [5.74, 6) is -1.19. The molecule has 17 heavy (non-hydrogen) atoms. The largest absolute Gasteiger partial charge is 0.479 e. The van der Waals surface area contributed by atoms with E-state index in [4.69, 9.17) is 5.11 Å². The first-order chi connectivity index (χ1) is 8.06. The maximum atomic E-state index is 11.2. The Labute approximate surface area is 97.7 Å². The number of nitrogens with zero attached hydrogens (tertiary/aromatic N) is 2. The molecule has 7 nitrogen and oxygen atoms in total. The minimum absolute atomic E-state index is 0.0174. The number of aryl methyl sites for hydroxylation is 1. The van der Waals surface area contributed by atoms with E-state index >= 15 is 0 Å². The number of alkyl carbamates (subject to hydrolysis) is 1. The lowest BCUT2D eigenvalue weighted by Crippen LogP contribution is -2.35. The van der Waals surface area contributed by atoms with Crippen LogP contribution in [0.25, 0.3) is 0 Å². The first kappa shape index (κ1) is 12.8. The molecule has 1 aromatic heterocycles. The molecular weight excluding hydrogens is 226 g/mol. The number of carboxylic acid groups (broad SMARTS) is 1. The molecule has 0 saturated heterocycles. The normalized spacial score (nSPS) is 11.6. The molecule has 1 unspecified atom stereocenters. The highest BCUT2D eigenvalue weighted by molar-refractivity contribution is 5.80. The fourth-order valence-corrected chi connectivity index (χ4v) is 1.22. The van der Waals surface area contributed by atoms with Gasteiger partial charge in [-0.1, -0.05) is 12.7 Å². The lowest BCUT2D eigenvalue weighted by atomic mass is 10.2. The number of carbonyl (C=O) groups excluding carboxylic acids is 1. The number of rotatable bonds is 5. The van der Waals surface area contributed by atoms with Gasteiger partial charge < -0.3 is 15.2 Å². The van der Waals surface area contributed by atoms with Crippen molar-refractivity contribution in [1.82, 2.24) is 15.1 Å². The van der Waals surface area contributed by atoms with Crippen molar-refractivity contribution in [3.63, 3.8) is 0 Å². The van der Waals surface area contributed by atoms with E-state index in [9.17, 15) is 9.59 Å². The molecule has 0 fully saturated rings. The van der Waals surface area contributed by atoms with Gasteiger partial charge in [-0.25, -0.2) is 9.59 Å². The van der Waals surface area contributed by atoms with E-state index < -0.39 is 18.1 Å². The Kier molecular flexibility index (Phi) is 4.27. The summed E-state index contributed by atoms with van der Waals surface area (Å²) >= 11 is 0. The second-order valence-corrected chi connectivity index (χ2v) is 3.18. The van der Waals surface area contributed by atoms with Crippen LogP contribution < -0.4 is 5.32 Å². The third-order valence-corrected chi connectivity index (χ3v) is 2.00. The number of nitrogens with one attached hydrogen (secondary N) is 1. The minimum Gasteiger partial charge on any atom is -0.479 e. The van der Waals surface area contributed by atoms with Gasteiger partial charge in [0.05, 0.1) is 5.69 Å². The zero-order chi connectivity index (χ0) is 12.8. The minimum atomic E-state index is -1.19. The maximum absolute atomic E-state index is 11.2. The second-order valence-electron chi connectivity index (χ2n) is 3.18. The highest BCUT2D eigenvalue weighted by Gasteiger charge is 2.25. The molecule has 1 aromatic rings. The molecule has 1 heterocycles. The van der Waals surface area contributed by atoms with E-state index in [1.54, 1.807) is 7.05 Å². The van der Waals surface area contributed by atoms with Crippen molar-refractivity contribution in [1.29, 1.82) is 0 Å². The topological polar surface area (TPSA) is 93.4 Å². The van der Waals surface area contributed by atoms with Crippen molar-refractivity contribution in [2.75, 3.05) is 6.61 Å². The molecule has 1 amide bonds. The smallest absolute Gasteiger partial charge is 0.408 e. The van der Waals surface area contributed by atoms with Gasteiger partial charge in [0, 0.05) is 13.2 Å². The summed E-state index contributed by atoms with van der Waals surface area (Å²) in [6.45, 7) is 3.39. The first-order valence-electron chi connectivity index (χ1n) is 4.81. The molecule has 0 bridgehead atoms. The third-order valence-electron chi connectivity index (χ3n) is 2.00. The SMILES string of the molecule is C=CCOC(=O)NC(C(=O)O)c1ccnn1C. The Morgan fingerprint density at radius 1 is 1.76 bits per heavy atom. The summed E-state index contributed by atoms with van der Waals surface area (Å²) in [5, 5.41) is 15.1. The van der Waals surface area contributed by atoms with E-state index in [-0.39, 0.29) is 6.61 Å². The summed E-state index contributed by atoms with van der Waals surface area (Å²) in [4.78, 5) is 22.3. The van der Waals surface area contributed by atoms with Crippen molar-refractivity contribution in [3.05, 3.63) is 30.6 Å². The van der Waals surface area contributed by atoms with Crippen LogP contribution in [0.3, 0.4) is 0 Å². The molecule has 0 aromatic carbocycles. The molecule has 0 aliphatic carbocycles. The molecule has 2 N–H and O–H groups in total. The average molecular weight is 239 g/mol. The van der Waals surface area contributed by atoms with Crippen LogP contribution in [0.4, 0.5) is 4.79 Å². The fraction of sp³-hybridized carbons (Fsp3) is 0.300. The number of aromatic nitrogens is 2. The second kappa shape index (κ2) is 5.69. The number of hydrogen-bond donors (Lipinski definition) is 2. The molecule has 92 valence electrons. The lowest BCUT2D eigenvalue weighted by Gasteiger charge is -2.14. The van der Waals surface area contributed by atoms with Crippen LogP contribution in [0.2, 0.25) is 0 Å². The number of hydrogen-bond acceptors (Lipinski definition) is 4. The van der Waals surface area contributed by atoms with Gasteiger partial charge >= 0.3 is 12.1 Å². The quantitative estimate of drug-likeness (QED) is 0.728. The van der Waals surface area contributed by atoms with E-state index in [0.29, 0.717) is 5.69 Å². The fourth-order valence-electron chi connectivity index (χ4n) is 1.22. The standard InChI is InChI=1S/C10H13N3O4/c1-3-6-17-10(16)12-8(9(14)15)7-4-5-11-13(7)2/h3-5,8H,1,6H2,2H3,(H,12,16)(H,14,15). The molecule has 0 spiro atoms. The summed E-state index contributed by atoms with van der Waals surface area (Å²) < 4.78 is 6.02. The van der Waals surface area contributed by atoms with E-state index in [1.165, 1.54) is 23.0 Å². The number of carbonyl (C=O) groups is 2. The molecule has 0 radical (unpaired) electrons. The Hall–Kier alpha value is -2.31. The van der Waals surface area contributed by atoms with Crippen molar-refractivity contribution in [2.24, 2.45) is 7.05 Å². The van der Waals surface area contributed by atoms with Gasteiger partial charge in [-0.2, -0.15) is 5.10 Å². The first-order valence-corrected chi connectivity index (χ1v) is 4.81. The van der Waals surface area contributed by atoms with Gasteiger partial charge in [0.25, 0.3) is 0 Å². The Bertz CT molecular complexity index is 427. The number of aliphatic carboxylic acids is 1. The molecule has 0 aliphatic rings. The molecular formula is C10H13N3O4. The molecule has 0 saturated carbocycles. The molecule has 1 atom stereocenters. The van der Waals surface area contributed by atoms with Gasteiger partial charge in [0.2, 0.25) is 0 Å². The van der Waals surface area contributed by atoms with Gasteiger partial charge in [-0.3, -0.25) is 4.68 Å². The summed E-state index contributed by atoms with van der Waals surface area (Å²) in [6.07, 6.45) is 2.01. The van der Waals surface area contributed by atoms with E-state index in [1.807, 2.05) is 0 Å². The Morgan fingerprint density at radius 3 is 2.94 bits per heavy atom. The van der Waals surface area contributed by atoms with Crippen LogP contribution in [-0.2, 0) is 16.6 Å². The average Bonchev–Trinajstić information content (AvgIpc) is 2.69. The highest BCUT2D eigenvalue weighted by Crippen LogP contribution is 2.11. The maximum Gasteiger partial charge on any atom is 0.408 e. The van der Waals surface area contributed by atoms with Crippen molar-refractivity contribution >= 4 is 12.1 Å². The Morgan fingerprint density at radius 2 is 2.47 bits per heavy atom. The van der Waals surface area contributed by atoms with Gasteiger partial charge in [0.15, 0.2) is 6.04 Å². The van der Waals surface area contributed by atoms with Crippen molar-refractivity contribution in [3.8, 4) is 0 Å². The van der Waals surface area contributed by atoms with E-state index in [0.717, 1.165) is 0 Å². The zero-order valence-electron chi connectivity index (χ0n) is 9.29. The monoisotopic (exact) mass is 239 g/mol. The number of carboxylic acids is 1. The summed E-state index contributed by atoms with van der Waals surface area (Å²) in [7, 11) is 1.59. The van der Waals surface area contributed by atoms with Gasteiger partial charge in [0.1, 0.15) is 6.61 Å². The van der Waals surface area contributed by atoms with Crippen LogP contribution in [0.5, 0.6) is 0 Å². The number of ether oxygens (including phenoxy) is 1. The van der Waals surface area contributed by atoms with E-state index in [2.05, 4.69) is 21.7 Å². The van der Waals surface area contributed by atoms with Crippen LogP contribution in [0.1, 0.15) is 11.7 Å². The predicted molar refractivity (Wildman–Crippen MR) is 58.3 cm³/mol. The van der Waals surface area contributed by atoms with Crippen LogP contribution in [0, 0.1) is 0 Å². The highest BCUT2D eigenvalue weighted by atomic mass is 16.5. The lowest BCUT2D eigenvalue weighted by molar-refractivity contribution is -0.139. The Balaban J connectivity index is 2.75. The summed E-state index contributed by atoms with van der Waals surface area (Å²) in [6, 6.07) is 0.312. The number of amides is 1. The van der Waals surface area contributed by atoms with Crippen LogP contribution in [-0.4, -0.2) is 33.6 Å². The zero-order valence-corrected chi connectivity index (χ0v) is 9.29. The van der Waals surface area contributed by atoms with Crippen LogP contribution in [0.15, 0.2) is 24.9 Å².